The summed E-state index contributed by atoms with van der Waals surface area (Å²) < 4.78 is 0. The first kappa shape index (κ1) is 16.8. The number of carbonyl (C=O) groups excluding carboxylic acids is 2. The second-order valence-electron chi connectivity index (χ2n) is 7.30. The van der Waals surface area contributed by atoms with E-state index in [1.165, 1.54) is 24.0 Å². The van der Waals surface area contributed by atoms with Crippen molar-refractivity contribution in [3.05, 3.63) is 70.3 Å². The highest BCUT2D eigenvalue weighted by Crippen LogP contribution is 2.25. The molecule has 2 aromatic carbocycles. The van der Waals surface area contributed by atoms with Crippen molar-refractivity contribution in [2.24, 2.45) is 0 Å². The van der Waals surface area contributed by atoms with Gasteiger partial charge in [-0.3, -0.25) is 9.59 Å². The second kappa shape index (κ2) is 6.94. The third-order valence-electron chi connectivity index (χ3n) is 5.51. The van der Waals surface area contributed by atoms with Crippen LogP contribution in [0.2, 0.25) is 0 Å². The highest BCUT2D eigenvalue weighted by atomic mass is 16.2. The Morgan fingerprint density at radius 2 is 1.92 bits per heavy atom. The Kier molecular flexibility index (Phi) is 4.49. The maximum atomic E-state index is 12.4. The first-order chi connectivity index (χ1) is 12.6. The molecular weight excluding hydrogens is 324 g/mol. The van der Waals surface area contributed by atoms with Crippen molar-refractivity contribution < 1.29 is 9.59 Å². The van der Waals surface area contributed by atoms with E-state index in [2.05, 4.69) is 23.5 Å². The predicted molar refractivity (Wildman–Crippen MR) is 101 cm³/mol. The zero-order chi connectivity index (χ0) is 18.1. The number of nitrogens with zero attached hydrogens (tertiary/aromatic N) is 1. The van der Waals surface area contributed by atoms with Gasteiger partial charge >= 0.3 is 0 Å². The minimum absolute atomic E-state index is 0.0123. The molecule has 0 fully saturated rings. The van der Waals surface area contributed by atoms with Crippen molar-refractivity contribution in [2.75, 3.05) is 6.54 Å². The van der Waals surface area contributed by atoms with Crippen LogP contribution in [0.1, 0.15) is 58.4 Å². The molecule has 4 rings (SSSR count). The van der Waals surface area contributed by atoms with Crippen molar-refractivity contribution in [3.8, 4) is 0 Å². The smallest absolute Gasteiger partial charge is 0.254 e. The average Bonchev–Trinajstić information content (AvgIpc) is 3.24. The lowest BCUT2D eigenvalue weighted by Crippen LogP contribution is -2.32. The summed E-state index contributed by atoms with van der Waals surface area (Å²) in [6, 6.07) is 14.2. The van der Waals surface area contributed by atoms with Gasteiger partial charge in [-0.15, -0.1) is 0 Å². The molecule has 0 spiro atoms. The number of nitrogens with one attached hydrogen (secondary N) is 1. The van der Waals surface area contributed by atoms with Crippen molar-refractivity contribution in [3.63, 3.8) is 0 Å². The first-order valence-electron chi connectivity index (χ1n) is 9.40. The maximum Gasteiger partial charge on any atom is 0.254 e. The Labute approximate surface area is 154 Å². The van der Waals surface area contributed by atoms with Gasteiger partial charge in [0, 0.05) is 25.1 Å². The highest BCUT2D eigenvalue weighted by Gasteiger charge is 2.27. The number of aryl methyl sites for hydroxylation is 2. The third-order valence-corrected chi connectivity index (χ3v) is 5.51. The number of benzene rings is 2. The minimum atomic E-state index is -0.0140. The van der Waals surface area contributed by atoms with E-state index in [9.17, 15) is 9.59 Å². The molecule has 2 amide bonds. The van der Waals surface area contributed by atoms with Gasteiger partial charge in [0.25, 0.3) is 5.91 Å². The van der Waals surface area contributed by atoms with E-state index in [0.29, 0.717) is 19.5 Å². The number of rotatable bonds is 5. The summed E-state index contributed by atoms with van der Waals surface area (Å²) in [6.07, 6.45) is 3.87. The molecular formula is C22H24N2O2. The van der Waals surface area contributed by atoms with Gasteiger partial charge in [-0.1, -0.05) is 36.4 Å². The fraction of sp³-hybridized carbons (Fsp3) is 0.364. The highest BCUT2D eigenvalue weighted by molar-refractivity contribution is 5.98. The lowest BCUT2D eigenvalue weighted by Gasteiger charge is -2.18. The maximum absolute atomic E-state index is 12.4. The average molecular weight is 348 g/mol. The predicted octanol–water partition coefficient (Wildman–Crippen LogP) is 3.40. The minimum Gasteiger partial charge on any atom is -0.350 e. The molecule has 26 heavy (non-hydrogen) atoms. The van der Waals surface area contributed by atoms with Gasteiger partial charge in [0.1, 0.15) is 0 Å². The molecule has 1 heterocycles. The third kappa shape index (κ3) is 3.24. The van der Waals surface area contributed by atoms with E-state index < -0.39 is 0 Å². The number of hydrogen-bond acceptors (Lipinski definition) is 2. The second-order valence-corrected chi connectivity index (χ2v) is 7.30. The molecule has 1 aliphatic heterocycles. The van der Waals surface area contributed by atoms with Crippen molar-refractivity contribution in [2.45, 2.75) is 45.2 Å². The first-order valence-corrected chi connectivity index (χ1v) is 9.40. The van der Waals surface area contributed by atoms with E-state index in [1.54, 1.807) is 4.90 Å². The van der Waals surface area contributed by atoms with Crippen LogP contribution in [0, 0.1) is 0 Å². The van der Waals surface area contributed by atoms with Crippen molar-refractivity contribution in [1.82, 2.24) is 10.2 Å². The van der Waals surface area contributed by atoms with Crippen molar-refractivity contribution in [1.29, 1.82) is 0 Å². The zero-order valence-corrected chi connectivity index (χ0v) is 15.1. The topological polar surface area (TPSA) is 49.4 Å². The monoisotopic (exact) mass is 348 g/mol. The van der Waals surface area contributed by atoms with Crippen LogP contribution in [-0.4, -0.2) is 23.3 Å². The van der Waals surface area contributed by atoms with Crippen LogP contribution in [0.3, 0.4) is 0 Å². The fourth-order valence-corrected chi connectivity index (χ4v) is 3.99. The molecule has 2 aromatic rings. The van der Waals surface area contributed by atoms with E-state index in [1.807, 2.05) is 31.2 Å². The summed E-state index contributed by atoms with van der Waals surface area (Å²) in [5.74, 6) is 0.0156. The van der Waals surface area contributed by atoms with Gasteiger partial charge in [0.2, 0.25) is 5.91 Å². The van der Waals surface area contributed by atoms with E-state index in [4.69, 9.17) is 0 Å². The lowest BCUT2D eigenvalue weighted by atomic mass is 10.0. The summed E-state index contributed by atoms with van der Waals surface area (Å²) in [5.41, 5.74) is 5.83. The normalized spacial score (nSPS) is 16.3. The molecule has 4 heteroatoms. The van der Waals surface area contributed by atoms with Gasteiger partial charge in [-0.05, 0) is 54.5 Å². The summed E-state index contributed by atoms with van der Waals surface area (Å²) in [7, 11) is 0. The number of amides is 2. The molecule has 1 atom stereocenters. The summed E-state index contributed by atoms with van der Waals surface area (Å²) in [6.45, 7) is 3.07. The van der Waals surface area contributed by atoms with Gasteiger partial charge in [-0.25, -0.2) is 0 Å². The Hall–Kier alpha value is -2.62. The Morgan fingerprint density at radius 3 is 2.77 bits per heavy atom. The lowest BCUT2D eigenvalue weighted by molar-refractivity contribution is -0.121. The van der Waals surface area contributed by atoms with Crippen LogP contribution in [-0.2, 0) is 24.2 Å². The quantitative estimate of drug-likeness (QED) is 0.900. The van der Waals surface area contributed by atoms with Crippen LogP contribution >= 0.6 is 0 Å². The SMILES string of the molecule is C[C@@H](NC(=O)CCN1Cc2ccccc2C1=O)c1ccc2c(c1)CCC2. The Bertz CT molecular complexity index is 859. The van der Waals surface area contributed by atoms with Gasteiger partial charge < -0.3 is 10.2 Å². The molecule has 0 saturated heterocycles. The number of fused-ring (bicyclic) bond motifs is 2. The Balaban J connectivity index is 1.31. The number of carbonyl (C=O) groups is 2. The summed E-state index contributed by atoms with van der Waals surface area (Å²) in [4.78, 5) is 26.5. The molecule has 0 bridgehead atoms. The number of hydrogen-bond donors (Lipinski definition) is 1. The van der Waals surface area contributed by atoms with Crippen LogP contribution in [0.25, 0.3) is 0 Å². The van der Waals surface area contributed by atoms with Crippen LogP contribution in [0.15, 0.2) is 42.5 Å². The molecule has 4 nitrogen and oxygen atoms in total. The molecule has 2 aliphatic rings. The molecule has 0 unspecified atom stereocenters. The van der Waals surface area contributed by atoms with Crippen molar-refractivity contribution >= 4 is 11.8 Å². The molecule has 1 N–H and O–H groups in total. The van der Waals surface area contributed by atoms with Gasteiger partial charge in [0.05, 0.1) is 6.04 Å². The summed E-state index contributed by atoms with van der Waals surface area (Å²) in [5, 5.41) is 3.07. The van der Waals surface area contributed by atoms with E-state index >= 15 is 0 Å². The fourth-order valence-electron chi connectivity index (χ4n) is 3.99. The standard InChI is InChI=1S/C22H24N2O2/c1-15(17-10-9-16-6-4-7-18(16)13-17)23-21(25)11-12-24-14-19-5-2-3-8-20(19)22(24)26/h2-3,5,8-10,13,15H,4,6-7,11-12,14H2,1H3,(H,23,25)/t15-/m1/s1. The van der Waals surface area contributed by atoms with Gasteiger partial charge in [0.15, 0.2) is 0 Å². The largest absolute Gasteiger partial charge is 0.350 e. The van der Waals surface area contributed by atoms with Crippen LogP contribution < -0.4 is 5.32 Å². The van der Waals surface area contributed by atoms with Crippen LogP contribution in [0.5, 0.6) is 0 Å². The Morgan fingerprint density at radius 1 is 1.12 bits per heavy atom. The van der Waals surface area contributed by atoms with E-state index in [-0.39, 0.29) is 17.9 Å². The van der Waals surface area contributed by atoms with Crippen LogP contribution in [0.4, 0.5) is 0 Å². The van der Waals surface area contributed by atoms with E-state index in [0.717, 1.165) is 23.1 Å². The summed E-state index contributed by atoms with van der Waals surface area (Å²) >= 11 is 0. The molecule has 1 aliphatic carbocycles. The molecule has 0 aromatic heterocycles. The van der Waals surface area contributed by atoms with Gasteiger partial charge in [-0.2, -0.15) is 0 Å². The molecule has 0 radical (unpaired) electrons. The molecule has 134 valence electrons. The molecule has 0 saturated carbocycles. The zero-order valence-electron chi connectivity index (χ0n) is 15.1.